The number of sulfonamides is 1. The number of carbonyl (C=O) groups excluding carboxylic acids is 1. The van der Waals surface area contributed by atoms with Gasteiger partial charge in [-0.25, -0.2) is 18.2 Å². The number of carbonyl (C=O) groups is 1. The Morgan fingerprint density at radius 1 is 1.03 bits per heavy atom. The Morgan fingerprint density at radius 3 is 2.48 bits per heavy atom. The molecule has 2 aromatic rings. The van der Waals surface area contributed by atoms with Gasteiger partial charge in [0.25, 0.3) is 10.0 Å². The normalized spacial score (nSPS) is 20.4. The number of fused-ring (bicyclic) bond motifs is 1. The van der Waals surface area contributed by atoms with Crippen LogP contribution in [0.2, 0.25) is 0 Å². The summed E-state index contributed by atoms with van der Waals surface area (Å²) in [5.74, 6) is 0.226. The van der Waals surface area contributed by atoms with Crippen molar-refractivity contribution in [3.63, 3.8) is 0 Å². The second-order valence-corrected chi connectivity index (χ2v) is 10.3. The van der Waals surface area contributed by atoms with Crippen LogP contribution in [0.1, 0.15) is 38.5 Å². The van der Waals surface area contributed by atoms with E-state index in [1.165, 1.54) is 5.01 Å². The van der Waals surface area contributed by atoms with Gasteiger partial charge in [0.05, 0.1) is 4.90 Å². The van der Waals surface area contributed by atoms with Gasteiger partial charge in [0.2, 0.25) is 0 Å². The Balaban J connectivity index is 1.57. The van der Waals surface area contributed by atoms with Crippen LogP contribution in [0.5, 0.6) is 0 Å². The first kappa shape index (κ1) is 22.0. The molecule has 2 saturated heterocycles. The number of nitrogens with one attached hydrogen (secondary N) is 2. The van der Waals surface area contributed by atoms with Crippen LogP contribution in [-0.2, 0) is 10.0 Å². The molecule has 168 valence electrons. The molecule has 0 aromatic heterocycles. The van der Waals surface area contributed by atoms with Gasteiger partial charge in [0.15, 0.2) is 0 Å². The number of rotatable bonds is 5. The first-order valence-corrected chi connectivity index (χ1v) is 12.8. The highest BCUT2D eigenvalue weighted by Crippen LogP contribution is 2.20. The third-order valence-electron chi connectivity index (χ3n) is 6.21. The van der Waals surface area contributed by atoms with Crippen molar-refractivity contribution in [2.45, 2.75) is 43.4 Å². The third-order valence-corrected chi connectivity index (χ3v) is 7.54. The molecule has 2 heterocycles. The molecule has 7 nitrogen and oxygen atoms in total. The van der Waals surface area contributed by atoms with Gasteiger partial charge in [0.1, 0.15) is 0 Å². The molecule has 1 unspecified atom stereocenters. The number of benzene rings is 2. The Morgan fingerprint density at radius 2 is 1.77 bits per heavy atom. The van der Waals surface area contributed by atoms with E-state index >= 15 is 0 Å². The van der Waals surface area contributed by atoms with Crippen molar-refractivity contribution >= 4 is 26.8 Å². The van der Waals surface area contributed by atoms with Gasteiger partial charge in [-0.2, -0.15) is 0 Å². The largest absolute Gasteiger partial charge is 0.335 e. The maximum absolute atomic E-state index is 13.4. The summed E-state index contributed by atoms with van der Waals surface area (Å²) in [5.41, 5.74) is 0. The van der Waals surface area contributed by atoms with Gasteiger partial charge in [-0.1, -0.05) is 43.2 Å². The summed E-state index contributed by atoms with van der Waals surface area (Å²) >= 11 is 0. The first-order chi connectivity index (χ1) is 15.0. The highest BCUT2D eigenvalue weighted by molar-refractivity contribution is 7.89. The smallest absolute Gasteiger partial charge is 0.324 e. The molecular weight excluding hydrogens is 412 g/mol. The van der Waals surface area contributed by atoms with Crippen molar-refractivity contribution in [2.24, 2.45) is 5.92 Å². The number of nitrogens with zero attached hydrogens (tertiary/aromatic N) is 2. The van der Waals surface area contributed by atoms with Crippen LogP contribution < -0.4 is 10.1 Å². The van der Waals surface area contributed by atoms with E-state index in [9.17, 15) is 13.2 Å². The summed E-state index contributed by atoms with van der Waals surface area (Å²) in [4.78, 5) is 17.9. The predicted molar refractivity (Wildman–Crippen MR) is 122 cm³/mol. The molecule has 0 saturated carbocycles. The zero-order chi connectivity index (χ0) is 21.7. The lowest BCUT2D eigenvalue weighted by Crippen LogP contribution is -2.54. The van der Waals surface area contributed by atoms with E-state index in [2.05, 4.69) is 10.1 Å². The summed E-state index contributed by atoms with van der Waals surface area (Å²) in [5, 5.41) is 6.53. The fourth-order valence-corrected chi connectivity index (χ4v) is 5.53. The number of piperidine rings is 1. The van der Waals surface area contributed by atoms with E-state index in [4.69, 9.17) is 0 Å². The van der Waals surface area contributed by atoms with Crippen molar-refractivity contribution in [3.8, 4) is 0 Å². The average molecular weight is 445 g/mol. The van der Waals surface area contributed by atoms with Crippen LogP contribution in [0.15, 0.2) is 47.4 Å². The molecule has 31 heavy (non-hydrogen) atoms. The lowest BCUT2D eigenvalue weighted by Gasteiger charge is -2.33. The molecule has 2 aliphatic heterocycles. The van der Waals surface area contributed by atoms with Crippen molar-refractivity contribution in [2.75, 3.05) is 32.7 Å². The standard InChI is InChI=1S/C23H32N4O3S/c28-23(26-14-5-1-2-6-15-26)27(18-19-8-7-13-24-17-19)25-31(29,30)22-12-11-20-9-3-4-10-21(20)16-22/h3-4,9-12,16,19,24-25H,1-2,5-8,13-15,17-18H2. The predicted octanol–water partition coefficient (Wildman–Crippen LogP) is 3.33. The van der Waals surface area contributed by atoms with Gasteiger partial charge < -0.3 is 10.2 Å². The molecule has 1 atom stereocenters. The van der Waals surface area contributed by atoms with Gasteiger partial charge in [-0.3, -0.25) is 0 Å². The fraction of sp³-hybridized carbons (Fsp3) is 0.522. The van der Waals surface area contributed by atoms with Crippen LogP contribution in [-0.4, -0.2) is 57.1 Å². The molecule has 4 rings (SSSR count). The number of likely N-dealkylation sites (tertiary alicyclic amines) is 1. The Labute approximate surface area is 184 Å². The van der Waals surface area contributed by atoms with Crippen molar-refractivity contribution in [3.05, 3.63) is 42.5 Å². The number of hydrogen-bond donors (Lipinski definition) is 2. The van der Waals surface area contributed by atoms with Crippen LogP contribution in [0.4, 0.5) is 4.79 Å². The summed E-state index contributed by atoms with van der Waals surface area (Å²) in [6.07, 6.45) is 6.16. The molecular formula is C23H32N4O3S. The monoisotopic (exact) mass is 444 g/mol. The zero-order valence-corrected chi connectivity index (χ0v) is 18.7. The van der Waals surface area contributed by atoms with Crippen LogP contribution >= 0.6 is 0 Å². The van der Waals surface area contributed by atoms with Crippen molar-refractivity contribution in [1.82, 2.24) is 20.1 Å². The number of hydrogen-bond acceptors (Lipinski definition) is 4. The lowest BCUT2D eigenvalue weighted by atomic mass is 10.00. The molecule has 0 radical (unpaired) electrons. The zero-order valence-electron chi connectivity index (χ0n) is 17.9. The van der Waals surface area contributed by atoms with Crippen LogP contribution in [0, 0.1) is 5.92 Å². The van der Waals surface area contributed by atoms with Crippen LogP contribution in [0.25, 0.3) is 10.8 Å². The second-order valence-electron chi connectivity index (χ2n) is 8.61. The summed E-state index contributed by atoms with van der Waals surface area (Å²) in [7, 11) is -3.89. The van der Waals surface area contributed by atoms with E-state index in [0.29, 0.717) is 19.6 Å². The highest BCUT2D eigenvalue weighted by atomic mass is 32.2. The minimum atomic E-state index is -3.89. The number of urea groups is 1. The number of amides is 2. The van der Waals surface area contributed by atoms with E-state index in [-0.39, 0.29) is 16.8 Å². The van der Waals surface area contributed by atoms with Crippen molar-refractivity contribution in [1.29, 1.82) is 0 Å². The molecule has 0 aliphatic carbocycles. The van der Waals surface area contributed by atoms with Crippen molar-refractivity contribution < 1.29 is 13.2 Å². The average Bonchev–Trinajstić information content (AvgIpc) is 3.08. The van der Waals surface area contributed by atoms with Crippen LogP contribution in [0.3, 0.4) is 0 Å². The van der Waals surface area contributed by atoms with Gasteiger partial charge in [-0.05, 0) is 67.6 Å². The summed E-state index contributed by atoms with van der Waals surface area (Å²) in [6.45, 7) is 3.49. The molecule has 2 amide bonds. The molecule has 8 heteroatoms. The lowest BCUT2D eigenvalue weighted by molar-refractivity contribution is 0.131. The minimum absolute atomic E-state index is 0.168. The molecule has 0 spiro atoms. The minimum Gasteiger partial charge on any atom is -0.324 e. The summed E-state index contributed by atoms with van der Waals surface area (Å²) in [6, 6.07) is 12.5. The Bertz CT molecular complexity index is 997. The summed E-state index contributed by atoms with van der Waals surface area (Å²) < 4.78 is 26.5. The first-order valence-electron chi connectivity index (χ1n) is 11.3. The second kappa shape index (κ2) is 9.97. The highest BCUT2D eigenvalue weighted by Gasteiger charge is 2.29. The van der Waals surface area contributed by atoms with E-state index in [1.807, 2.05) is 24.3 Å². The molecule has 2 aromatic carbocycles. The Hall–Kier alpha value is -2.16. The van der Waals surface area contributed by atoms with Gasteiger partial charge >= 0.3 is 6.03 Å². The van der Waals surface area contributed by atoms with E-state index in [1.54, 1.807) is 23.1 Å². The molecule has 2 N–H and O–H groups in total. The quantitative estimate of drug-likeness (QED) is 0.693. The van der Waals surface area contributed by atoms with Gasteiger partial charge in [0, 0.05) is 19.6 Å². The molecule has 2 fully saturated rings. The maximum Gasteiger partial charge on any atom is 0.335 e. The topological polar surface area (TPSA) is 81.8 Å². The Kier molecular flexibility index (Phi) is 7.09. The molecule has 2 aliphatic rings. The third kappa shape index (κ3) is 5.56. The van der Waals surface area contributed by atoms with E-state index < -0.39 is 10.0 Å². The fourth-order valence-electron chi connectivity index (χ4n) is 4.46. The SMILES string of the molecule is O=C(N1CCCCCC1)N(CC1CCCNC1)NS(=O)(=O)c1ccc2ccccc2c1. The van der Waals surface area contributed by atoms with Gasteiger partial charge in [-0.15, -0.1) is 4.83 Å². The maximum atomic E-state index is 13.4. The molecule has 0 bridgehead atoms. The van der Waals surface area contributed by atoms with E-state index in [0.717, 1.165) is 62.4 Å². The number of hydrazine groups is 1.